The van der Waals surface area contributed by atoms with Crippen molar-refractivity contribution in [1.82, 2.24) is 10.2 Å². The van der Waals surface area contributed by atoms with E-state index in [1.165, 1.54) is 0 Å². The van der Waals surface area contributed by atoms with Gasteiger partial charge in [0.1, 0.15) is 0 Å². The van der Waals surface area contributed by atoms with Crippen molar-refractivity contribution < 1.29 is 14.7 Å². The molecule has 0 saturated carbocycles. The Labute approximate surface area is 117 Å². The van der Waals surface area contributed by atoms with Gasteiger partial charge in [-0.2, -0.15) is 0 Å². The van der Waals surface area contributed by atoms with Crippen molar-refractivity contribution in [2.24, 2.45) is 5.92 Å². The van der Waals surface area contributed by atoms with Crippen LogP contribution in [0.3, 0.4) is 0 Å². The van der Waals surface area contributed by atoms with E-state index in [0.717, 1.165) is 4.88 Å². The Bertz CT molecular complexity index is 406. The van der Waals surface area contributed by atoms with Gasteiger partial charge in [-0.15, -0.1) is 11.3 Å². The SMILES string of the molecule is CCN(Cc1cccs1)C(=O)NCCC(C)C(=O)O. The molecular formula is C13H20N2O3S. The standard InChI is InChI=1S/C13H20N2O3S/c1-3-15(9-11-5-4-8-19-11)13(18)14-7-6-10(2)12(16)17/h4-5,8,10H,3,6-7,9H2,1-2H3,(H,14,18)(H,16,17). The van der Waals surface area contributed by atoms with E-state index in [-0.39, 0.29) is 6.03 Å². The fourth-order valence-electron chi connectivity index (χ4n) is 1.55. The molecule has 0 bridgehead atoms. The minimum atomic E-state index is -0.833. The fraction of sp³-hybridized carbons (Fsp3) is 0.538. The first-order chi connectivity index (χ1) is 9.04. The molecule has 5 nitrogen and oxygen atoms in total. The number of aliphatic carboxylic acids is 1. The molecule has 1 rings (SSSR count). The maximum Gasteiger partial charge on any atom is 0.317 e. The summed E-state index contributed by atoms with van der Waals surface area (Å²) in [6, 6.07) is 3.81. The zero-order valence-electron chi connectivity index (χ0n) is 11.3. The molecule has 1 heterocycles. The number of hydrogen-bond donors (Lipinski definition) is 2. The molecule has 0 saturated heterocycles. The van der Waals surface area contributed by atoms with Gasteiger partial charge in [-0.3, -0.25) is 4.79 Å². The second kappa shape index (κ2) is 7.78. The molecule has 1 unspecified atom stereocenters. The average Bonchev–Trinajstić information content (AvgIpc) is 2.88. The summed E-state index contributed by atoms with van der Waals surface area (Å²) in [6.45, 7) is 5.16. The van der Waals surface area contributed by atoms with Crippen LogP contribution in [0.4, 0.5) is 4.79 Å². The third kappa shape index (κ3) is 5.30. The Hall–Kier alpha value is -1.56. The summed E-state index contributed by atoms with van der Waals surface area (Å²) >= 11 is 1.62. The maximum absolute atomic E-state index is 11.9. The first kappa shape index (κ1) is 15.5. The van der Waals surface area contributed by atoms with Crippen LogP contribution >= 0.6 is 11.3 Å². The van der Waals surface area contributed by atoms with Gasteiger partial charge in [-0.05, 0) is 24.8 Å². The number of carbonyl (C=O) groups is 2. The van der Waals surface area contributed by atoms with Crippen LogP contribution in [0.2, 0.25) is 0 Å². The number of hydrogen-bond acceptors (Lipinski definition) is 3. The molecule has 19 heavy (non-hydrogen) atoms. The number of rotatable bonds is 7. The van der Waals surface area contributed by atoms with Gasteiger partial charge in [-0.25, -0.2) is 4.79 Å². The lowest BCUT2D eigenvalue weighted by atomic mass is 10.1. The molecule has 0 spiro atoms. The molecule has 6 heteroatoms. The van der Waals surface area contributed by atoms with E-state index < -0.39 is 11.9 Å². The maximum atomic E-state index is 11.9. The molecule has 2 N–H and O–H groups in total. The Morgan fingerprint density at radius 1 is 1.53 bits per heavy atom. The van der Waals surface area contributed by atoms with E-state index in [9.17, 15) is 9.59 Å². The van der Waals surface area contributed by atoms with Gasteiger partial charge >= 0.3 is 12.0 Å². The number of amides is 2. The first-order valence-electron chi connectivity index (χ1n) is 6.32. The first-order valence-corrected chi connectivity index (χ1v) is 7.20. The molecule has 0 aliphatic heterocycles. The van der Waals surface area contributed by atoms with Gasteiger partial charge in [-0.1, -0.05) is 13.0 Å². The molecule has 0 aromatic carbocycles. The van der Waals surface area contributed by atoms with E-state index in [0.29, 0.717) is 26.1 Å². The van der Waals surface area contributed by atoms with Crippen molar-refractivity contribution in [2.75, 3.05) is 13.1 Å². The van der Waals surface area contributed by atoms with Crippen molar-refractivity contribution in [2.45, 2.75) is 26.8 Å². The number of thiophene rings is 1. The molecule has 1 aromatic rings. The van der Waals surface area contributed by atoms with Crippen LogP contribution < -0.4 is 5.32 Å². The summed E-state index contributed by atoms with van der Waals surface area (Å²) in [7, 11) is 0. The van der Waals surface area contributed by atoms with Crippen molar-refractivity contribution in [3.8, 4) is 0 Å². The average molecular weight is 284 g/mol. The van der Waals surface area contributed by atoms with E-state index in [1.807, 2.05) is 24.4 Å². The summed E-state index contributed by atoms with van der Waals surface area (Å²) in [5.74, 6) is -1.27. The molecule has 0 fully saturated rings. The van der Waals surface area contributed by atoms with E-state index >= 15 is 0 Å². The van der Waals surface area contributed by atoms with Crippen molar-refractivity contribution in [1.29, 1.82) is 0 Å². The minimum absolute atomic E-state index is 0.145. The lowest BCUT2D eigenvalue weighted by Crippen LogP contribution is -2.40. The fourth-order valence-corrected chi connectivity index (χ4v) is 2.27. The van der Waals surface area contributed by atoms with Crippen LogP contribution in [0.1, 0.15) is 25.1 Å². The predicted octanol–water partition coefficient (Wildman–Crippen LogP) is 2.39. The third-order valence-corrected chi connectivity index (χ3v) is 3.73. The van der Waals surface area contributed by atoms with Gasteiger partial charge in [0.15, 0.2) is 0 Å². The largest absolute Gasteiger partial charge is 0.481 e. The van der Waals surface area contributed by atoms with Gasteiger partial charge in [0, 0.05) is 18.0 Å². The zero-order chi connectivity index (χ0) is 14.3. The van der Waals surface area contributed by atoms with Gasteiger partial charge in [0.2, 0.25) is 0 Å². The number of carboxylic acid groups (broad SMARTS) is 1. The number of carboxylic acids is 1. The molecule has 0 radical (unpaired) electrons. The molecule has 0 aliphatic rings. The van der Waals surface area contributed by atoms with Crippen LogP contribution in [0.5, 0.6) is 0 Å². The van der Waals surface area contributed by atoms with Gasteiger partial charge < -0.3 is 15.3 Å². The smallest absolute Gasteiger partial charge is 0.317 e. The Kier molecular flexibility index (Phi) is 6.35. The highest BCUT2D eigenvalue weighted by atomic mass is 32.1. The van der Waals surface area contributed by atoms with Crippen LogP contribution in [0.15, 0.2) is 17.5 Å². The molecule has 1 atom stereocenters. The second-order valence-electron chi connectivity index (χ2n) is 4.35. The summed E-state index contributed by atoms with van der Waals surface area (Å²) in [4.78, 5) is 25.4. The van der Waals surface area contributed by atoms with Crippen LogP contribution in [0, 0.1) is 5.92 Å². The Balaban J connectivity index is 2.35. The normalized spacial score (nSPS) is 11.9. The predicted molar refractivity (Wildman–Crippen MR) is 75.2 cm³/mol. The van der Waals surface area contributed by atoms with Crippen molar-refractivity contribution >= 4 is 23.3 Å². The summed E-state index contributed by atoms with van der Waals surface area (Å²) < 4.78 is 0. The molecular weight excluding hydrogens is 264 g/mol. The summed E-state index contributed by atoms with van der Waals surface area (Å²) in [6.07, 6.45) is 0.442. The van der Waals surface area contributed by atoms with E-state index in [2.05, 4.69) is 5.32 Å². The highest BCUT2D eigenvalue weighted by molar-refractivity contribution is 7.09. The minimum Gasteiger partial charge on any atom is -0.481 e. The van der Waals surface area contributed by atoms with Crippen LogP contribution in [-0.2, 0) is 11.3 Å². The van der Waals surface area contributed by atoms with Crippen molar-refractivity contribution in [3.63, 3.8) is 0 Å². The topological polar surface area (TPSA) is 69.6 Å². The number of urea groups is 1. The highest BCUT2D eigenvalue weighted by Crippen LogP contribution is 2.11. The molecule has 0 aliphatic carbocycles. The lowest BCUT2D eigenvalue weighted by molar-refractivity contribution is -0.141. The Morgan fingerprint density at radius 3 is 2.79 bits per heavy atom. The lowest BCUT2D eigenvalue weighted by Gasteiger charge is -2.21. The summed E-state index contributed by atoms with van der Waals surface area (Å²) in [5.41, 5.74) is 0. The third-order valence-electron chi connectivity index (χ3n) is 2.87. The Morgan fingerprint density at radius 2 is 2.26 bits per heavy atom. The molecule has 106 valence electrons. The second-order valence-corrected chi connectivity index (χ2v) is 5.39. The van der Waals surface area contributed by atoms with Crippen molar-refractivity contribution in [3.05, 3.63) is 22.4 Å². The zero-order valence-corrected chi connectivity index (χ0v) is 12.1. The number of carbonyl (C=O) groups excluding carboxylic acids is 1. The number of nitrogens with zero attached hydrogens (tertiary/aromatic N) is 1. The molecule has 2 amide bonds. The van der Waals surface area contributed by atoms with E-state index in [4.69, 9.17) is 5.11 Å². The van der Waals surface area contributed by atoms with Gasteiger partial charge in [0.25, 0.3) is 0 Å². The number of nitrogens with one attached hydrogen (secondary N) is 1. The van der Waals surface area contributed by atoms with Crippen LogP contribution in [-0.4, -0.2) is 35.1 Å². The quantitative estimate of drug-likeness (QED) is 0.807. The van der Waals surface area contributed by atoms with Gasteiger partial charge in [0.05, 0.1) is 12.5 Å². The highest BCUT2D eigenvalue weighted by Gasteiger charge is 2.14. The van der Waals surface area contributed by atoms with Crippen LogP contribution in [0.25, 0.3) is 0 Å². The monoisotopic (exact) mass is 284 g/mol. The van der Waals surface area contributed by atoms with E-state index in [1.54, 1.807) is 23.2 Å². The summed E-state index contributed by atoms with van der Waals surface area (Å²) in [5, 5.41) is 13.5. The molecule has 1 aromatic heterocycles.